The highest BCUT2D eigenvalue weighted by Crippen LogP contribution is 2.31. The number of carbonyl (C=O) groups excluding carboxylic acids is 11. The van der Waals surface area contributed by atoms with E-state index in [0.717, 1.165) is 101 Å². The van der Waals surface area contributed by atoms with Crippen LogP contribution in [0.15, 0.2) is 72.9 Å². The number of rotatable bonds is 43. The van der Waals surface area contributed by atoms with Gasteiger partial charge in [0.2, 0.25) is 11.8 Å². The highest BCUT2D eigenvalue weighted by atomic mass is 16.8. The molecule has 8 amide bonds. The zero-order valence-corrected chi connectivity index (χ0v) is 75.1. The summed E-state index contributed by atoms with van der Waals surface area (Å²) in [6.45, 7) is 10.6. The van der Waals surface area contributed by atoms with Gasteiger partial charge in [-0.2, -0.15) is 0 Å². The number of aliphatic hydroxyl groups is 3. The second kappa shape index (κ2) is 69.5. The number of methoxy groups -OCH3 is 2. The van der Waals surface area contributed by atoms with Crippen LogP contribution in [0.5, 0.6) is 0 Å². The normalized spacial score (nSPS) is 25.4. The zero-order chi connectivity index (χ0) is 93.2. The minimum absolute atomic E-state index is 0.0152. The summed E-state index contributed by atoms with van der Waals surface area (Å²) in [6, 6.07) is 0.239. The Morgan fingerprint density at radius 1 is 0.377 bits per heavy atom. The minimum atomic E-state index is -1.14. The summed E-state index contributed by atoms with van der Waals surface area (Å²) in [5.74, 6) is -3.49. The smallest absolute Gasteiger partial charge is 0.458 e. The van der Waals surface area contributed by atoms with Crippen LogP contribution >= 0.6 is 0 Å². The van der Waals surface area contributed by atoms with E-state index in [1.807, 2.05) is 18.2 Å². The Morgan fingerprint density at radius 2 is 0.738 bits per heavy atom. The van der Waals surface area contributed by atoms with Gasteiger partial charge in [-0.25, -0.2) is 19.2 Å². The van der Waals surface area contributed by atoms with Crippen molar-refractivity contribution >= 4 is 65.9 Å². The average molecular weight is 1860 g/mol. The van der Waals surface area contributed by atoms with Crippen LogP contribution in [0.2, 0.25) is 0 Å². The van der Waals surface area contributed by atoms with Gasteiger partial charge in [0.15, 0.2) is 0 Å². The predicted octanol–water partition coefficient (Wildman–Crippen LogP) is 5.71. The quantitative estimate of drug-likeness (QED) is 0.0216. The van der Waals surface area contributed by atoms with Gasteiger partial charge >= 0.3 is 30.5 Å². The molecule has 0 spiro atoms. The predicted molar refractivity (Wildman–Crippen MR) is 454 cm³/mol. The summed E-state index contributed by atoms with van der Waals surface area (Å²) in [5.41, 5.74) is 0. The summed E-state index contributed by atoms with van der Waals surface area (Å²) >= 11 is 0. The van der Waals surface area contributed by atoms with E-state index in [9.17, 15) is 57.8 Å². The van der Waals surface area contributed by atoms with Crippen LogP contribution in [0.3, 0.4) is 0 Å². The molecule has 10 atom stereocenters. The van der Waals surface area contributed by atoms with E-state index in [-0.39, 0.29) is 177 Å². The molecule has 11 aliphatic rings. The molecular formula is C88H137N5O37. The van der Waals surface area contributed by atoms with Gasteiger partial charge < -0.3 is 115 Å². The van der Waals surface area contributed by atoms with Gasteiger partial charge in [0.25, 0.3) is 23.6 Å². The Labute approximate surface area is 759 Å². The van der Waals surface area contributed by atoms with Gasteiger partial charge in [-0.3, -0.25) is 57.9 Å². The number of esters is 1. The van der Waals surface area contributed by atoms with Gasteiger partial charge in [0.1, 0.15) is 51.7 Å². The third kappa shape index (κ3) is 46.3. The van der Waals surface area contributed by atoms with Crippen molar-refractivity contribution in [2.45, 2.75) is 202 Å². The highest BCUT2D eigenvalue weighted by Gasteiger charge is 2.43. The molecule has 0 aromatic rings. The van der Waals surface area contributed by atoms with Gasteiger partial charge in [-0.1, -0.05) is 83.0 Å². The van der Waals surface area contributed by atoms with Crippen LogP contribution in [0.1, 0.15) is 141 Å². The Bertz CT molecular complexity index is 3390. The fraction of sp³-hybridized carbons (Fsp3) is 0.739. The largest absolute Gasteiger partial charge is 0.534 e. The number of aliphatic hydroxyl groups excluding tert-OH is 3. The van der Waals surface area contributed by atoms with Crippen LogP contribution in [-0.4, -0.2) is 386 Å². The standard InChI is InChI=1S/C21H33NO8.C18H24N2O8.C15H28O5.C13H17NO8.C13H21NO4.C8H14O4/c1-26-10-11-27-12-13-28-14-15-29-17-6-4-2-3-5-7-18(17)30-21(25)16-22-19(23)8-9-20(22)24;21-15-7-8-16(22)20(15)28-18(24)26-12-11-25-10-9-19-13-5-3-1-2-4-6-14(13)27-17(19)23;1-17-8-9-18-10-11-19-12-13-20-15-7-5-3-2-4-6-14(15)16;15-11-3-4-12(16)14(11)22-13(17)21-7-6-20-10-2-1-5-18-9-19-8-10;15-8-10-17-9-7-14-11-5-3-1-2-4-6-12(11)18-13(14)16;9-3-5-12-8-2-1-4-10-7-11-6-8/h2-3,17-18H,4-16H2,1H3;1-2,13-14H,3-12H2;2-3,14-16H,4-13H2,1H3;1-2,10H,3-9H2;1-2,11-12,15H,3-10H2;1-2,8-9H,3-7H2/b3-2+;2-1+;3-2+;3*2-1+. The molecule has 736 valence electrons. The first kappa shape index (κ1) is 110. The molecule has 4 aliphatic carbocycles. The second-order valence-corrected chi connectivity index (χ2v) is 30.2. The van der Waals surface area contributed by atoms with Crippen LogP contribution in [0, 0.1) is 0 Å². The summed E-state index contributed by atoms with van der Waals surface area (Å²) in [6.07, 6.45) is 34.4. The van der Waals surface area contributed by atoms with E-state index < -0.39 is 48.0 Å². The Morgan fingerprint density at radius 3 is 1.20 bits per heavy atom. The lowest BCUT2D eigenvalue weighted by atomic mass is 9.98. The minimum Gasteiger partial charge on any atom is -0.458 e. The lowest BCUT2D eigenvalue weighted by Gasteiger charge is -2.28. The molecule has 0 aromatic carbocycles. The SMILES string of the molecule is COCCOCCOCCOC1CC/C=C/CCC1O.COCCOCCOCCOC1CC/C=C/CCC1OC(=O)CN1C(=O)CCC1=O.O=C(OCCOC1/C=C/COCOC1)ON1C(=O)CCC1=O.O=C(OCCOCCN1C(=O)OC2CC/C=C/CCC21)ON1C(=O)CCC1=O.O=C1OC2CC/C=C/CCC2N1CCOCCO.OCCOC1/C=C/COCOC1. The second-order valence-electron chi connectivity index (χ2n) is 30.2. The summed E-state index contributed by atoms with van der Waals surface area (Å²) < 4.78 is 111. The van der Waals surface area contributed by atoms with Crippen LogP contribution in [0.25, 0.3) is 0 Å². The molecule has 0 radical (unpaired) electrons. The van der Waals surface area contributed by atoms with E-state index >= 15 is 0 Å². The number of imide groups is 3. The first-order chi connectivity index (χ1) is 63.4. The number of hydrogen-bond acceptors (Lipinski definition) is 37. The maximum Gasteiger partial charge on any atom is 0.534 e. The monoisotopic (exact) mass is 1860 g/mol. The lowest BCUT2D eigenvalue weighted by Crippen LogP contribution is -2.40. The van der Waals surface area contributed by atoms with Crippen molar-refractivity contribution in [2.75, 3.05) is 219 Å². The van der Waals surface area contributed by atoms with Crippen LogP contribution in [0.4, 0.5) is 19.2 Å². The Hall–Kier alpha value is -8.35. The van der Waals surface area contributed by atoms with E-state index in [0.29, 0.717) is 162 Å². The number of likely N-dealkylation sites (tertiary alicyclic amines) is 1. The molecular weight excluding hydrogens is 1720 g/mol. The summed E-state index contributed by atoms with van der Waals surface area (Å²) in [7, 11) is 3.27. The highest BCUT2D eigenvalue weighted by molar-refractivity contribution is 6.04. The first-order valence-corrected chi connectivity index (χ1v) is 44.9. The van der Waals surface area contributed by atoms with E-state index in [1.165, 1.54) is 0 Å². The molecule has 0 aromatic heterocycles. The summed E-state index contributed by atoms with van der Waals surface area (Å²) in [4.78, 5) is 141. The Balaban J connectivity index is 0.000000245. The van der Waals surface area contributed by atoms with E-state index in [1.54, 1.807) is 30.1 Å². The molecule has 0 saturated carbocycles. The Kier molecular flexibility index (Phi) is 59.0. The number of hydroxylamine groups is 4. The number of nitrogens with zero attached hydrogens (tertiary/aromatic N) is 5. The number of carbonyl (C=O) groups is 11. The molecule has 10 unspecified atom stereocenters. The molecule has 11 rings (SSSR count). The van der Waals surface area contributed by atoms with Crippen molar-refractivity contribution in [3.05, 3.63) is 72.9 Å². The number of fused-ring (bicyclic) bond motifs is 2. The third-order valence-electron chi connectivity index (χ3n) is 20.6. The number of hydrogen-bond donors (Lipinski definition) is 3. The molecule has 7 heterocycles. The first-order valence-electron chi connectivity index (χ1n) is 44.9. The zero-order valence-electron chi connectivity index (χ0n) is 75.1. The molecule has 0 bridgehead atoms. The molecule has 5 saturated heterocycles. The fourth-order valence-electron chi connectivity index (χ4n) is 14.1. The molecule has 130 heavy (non-hydrogen) atoms. The van der Waals surface area contributed by atoms with Gasteiger partial charge in [-0.05, 0) is 103 Å². The van der Waals surface area contributed by atoms with Gasteiger partial charge in [-0.15, -0.1) is 0 Å². The molecule has 42 nitrogen and oxygen atoms in total. The van der Waals surface area contributed by atoms with Crippen molar-refractivity contribution < 1.29 is 177 Å². The summed E-state index contributed by atoms with van der Waals surface area (Å²) in [5, 5.41) is 27.9. The topological polar surface area (TPSA) is 477 Å². The van der Waals surface area contributed by atoms with Crippen molar-refractivity contribution in [2.24, 2.45) is 0 Å². The maximum atomic E-state index is 12.3. The third-order valence-corrected chi connectivity index (χ3v) is 20.6. The molecule has 42 heteroatoms. The van der Waals surface area contributed by atoms with Gasteiger partial charge in [0, 0.05) is 65.8 Å². The fourth-order valence-corrected chi connectivity index (χ4v) is 14.1. The lowest BCUT2D eigenvalue weighted by molar-refractivity contribution is -0.178. The van der Waals surface area contributed by atoms with Crippen molar-refractivity contribution in [3.8, 4) is 0 Å². The van der Waals surface area contributed by atoms with Crippen molar-refractivity contribution in [1.82, 2.24) is 24.8 Å². The maximum absolute atomic E-state index is 12.3. The number of allylic oxidation sites excluding steroid dienone is 8. The van der Waals surface area contributed by atoms with Crippen molar-refractivity contribution in [3.63, 3.8) is 0 Å². The van der Waals surface area contributed by atoms with Crippen molar-refractivity contribution in [1.29, 1.82) is 0 Å². The molecule has 3 N–H and O–H groups in total. The number of ether oxygens (including phenoxy) is 21. The van der Waals surface area contributed by atoms with E-state index in [2.05, 4.69) is 58.3 Å². The molecule has 7 aliphatic heterocycles. The molecule has 5 fully saturated rings. The van der Waals surface area contributed by atoms with Gasteiger partial charge in [0.05, 0.1) is 201 Å². The van der Waals surface area contributed by atoms with Crippen LogP contribution in [-0.2, 0) is 143 Å². The van der Waals surface area contributed by atoms with Crippen LogP contribution < -0.4 is 0 Å². The average Bonchev–Trinajstić information content (AvgIpc) is 1.68. The van der Waals surface area contributed by atoms with E-state index in [4.69, 9.17) is 110 Å². The number of amides is 8.